The zero-order valence-electron chi connectivity index (χ0n) is 12.7. The number of sulfonamides is 1. The van der Waals surface area contributed by atoms with Crippen LogP contribution in [-0.4, -0.2) is 25.9 Å². The van der Waals surface area contributed by atoms with Crippen LogP contribution in [0.15, 0.2) is 33.6 Å². The maximum Gasteiger partial charge on any atom is 0.286 e. The molecule has 1 aromatic carbocycles. The van der Waals surface area contributed by atoms with Crippen molar-refractivity contribution in [2.75, 3.05) is 17.2 Å². The van der Waals surface area contributed by atoms with E-state index in [4.69, 9.17) is 0 Å². The molecule has 0 fully saturated rings. The van der Waals surface area contributed by atoms with Gasteiger partial charge in [0, 0.05) is 12.3 Å². The van der Waals surface area contributed by atoms with Gasteiger partial charge in [-0.3, -0.25) is 0 Å². The maximum absolute atomic E-state index is 12.3. The van der Waals surface area contributed by atoms with Crippen molar-refractivity contribution < 1.29 is 8.42 Å². The SMILES string of the molecule is CCCCN1C(SCC(C)C)=NS(=O)(=O)c2ccccc21. The molecule has 0 radical (unpaired) electrons. The third-order valence-electron chi connectivity index (χ3n) is 3.14. The molecule has 116 valence electrons. The molecular formula is C15H22N2O2S2. The average molecular weight is 326 g/mol. The Morgan fingerprint density at radius 2 is 2.00 bits per heavy atom. The van der Waals surface area contributed by atoms with E-state index in [2.05, 4.69) is 25.2 Å². The predicted octanol–water partition coefficient (Wildman–Crippen LogP) is 3.74. The van der Waals surface area contributed by atoms with Crippen molar-refractivity contribution in [3.63, 3.8) is 0 Å². The zero-order valence-corrected chi connectivity index (χ0v) is 14.4. The molecule has 6 heteroatoms. The van der Waals surface area contributed by atoms with Crippen LogP contribution in [0.5, 0.6) is 0 Å². The van der Waals surface area contributed by atoms with Crippen molar-refractivity contribution in [2.24, 2.45) is 10.3 Å². The fraction of sp³-hybridized carbons (Fsp3) is 0.533. The van der Waals surface area contributed by atoms with Crippen molar-refractivity contribution in [2.45, 2.75) is 38.5 Å². The molecular weight excluding hydrogens is 304 g/mol. The summed E-state index contributed by atoms with van der Waals surface area (Å²) < 4.78 is 28.7. The number of nitrogens with zero attached hydrogens (tertiary/aromatic N) is 2. The first kappa shape index (κ1) is 16.4. The third-order valence-corrected chi connectivity index (χ3v) is 5.98. The summed E-state index contributed by atoms with van der Waals surface area (Å²) in [5.74, 6) is 1.35. The molecule has 1 aliphatic rings. The fourth-order valence-corrected chi connectivity index (χ4v) is 4.51. The minimum atomic E-state index is -3.57. The highest BCUT2D eigenvalue weighted by Gasteiger charge is 2.30. The summed E-state index contributed by atoms with van der Waals surface area (Å²) in [6, 6.07) is 7.13. The lowest BCUT2D eigenvalue weighted by Gasteiger charge is -2.30. The summed E-state index contributed by atoms with van der Waals surface area (Å²) in [6.45, 7) is 7.17. The van der Waals surface area contributed by atoms with Crippen LogP contribution < -0.4 is 4.90 Å². The summed E-state index contributed by atoms with van der Waals surface area (Å²) in [5, 5.41) is 0.607. The van der Waals surface area contributed by atoms with Crippen LogP contribution in [-0.2, 0) is 10.0 Å². The Morgan fingerprint density at radius 1 is 1.29 bits per heavy atom. The molecule has 0 bridgehead atoms. The normalized spacial score (nSPS) is 16.8. The molecule has 1 heterocycles. The smallest absolute Gasteiger partial charge is 0.286 e. The lowest BCUT2D eigenvalue weighted by Crippen LogP contribution is -2.35. The van der Waals surface area contributed by atoms with Gasteiger partial charge in [-0.1, -0.05) is 51.1 Å². The molecule has 21 heavy (non-hydrogen) atoms. The molecule has 0 N–H and O–H groups in total. The number of amidine groups is 1. The first-order chi connectivity index (χ1) is 9.95. The summed E-state index contributed by atoms with van der Waals surface area (Å²) in [4.78, 5) is 2.36. The van der Waals surface area contributed by atoms with Crippen LogP contribution in [0.4, 0.5) is 5.69 Å². The van der Waals surface area contributed by atoms with Crippen LogP contribution in [0.25, 0.3) is 0 Å². The number of hydrogen-bond donors (Lipinski definition) is 0. The van der Waals surface area contributed by atoms with E-state index in [1.165, 1.54) is 11.8 Å². The highest BCUT2D eigenvalue weighted by Crippen LogP contribution is 2.34. The minimum absolute atomic E-state index is 0.315. The van der Waals surface area contributed by atoms with E-state index in [1.54, 1.807) is 12.1 Å². The molecule has 0 saturated carbocycles. The van der Waals surface area contributed by atoms with E-state index in [0.29, 0.717) is 16.0 Å². The van der Waals surface area contributed by atoms with E-state index in [1.807, 2.05) is 17.0 Å². The molecule has 1 aromatic rings. The monoisotopic (exact) mass is 326 g/mol. The molecule has 0 amide bonds. The fourth-order valence-electron chi connectivity index (χ4n) is 2.08. The molecule has 1 aliphatic heterocycles. The van der Waals surface area contributed by atoms with Gasteiger partial charge >= 0.3 is 0 Å². The van der Waals surface area contributed by atoms with E-state index < -0.39 is 10.0 Å². The summed E-state index contributed by atoms with van der Waals surface area (Å²) in [7, 11) is -3.57. The Bertz CT molecular complexity index is 624. The van der Waals surface area contributed by atoms with Crippen molar-refractivity contribution in [3.05, 3.63) is 24.3 Å². The predicted molar refractivity (Wildman–Crippen MR) is 90.6 cm³/mol. The summed E-state index contributed by atoms with van der Waals surface area (Å²) >= 11 is 1.53. The quantitative estimate of drug-likeness (QED) is 0.827. The van der Waals surface area contributed by atoms with Gasteiger partial charge in [-0.2, -0.15) is 8.42 Å². The first-order valence-corrected chi connectivity index (χ1v) is 9.72. The van der Waals surface area contributed by atoms with Gasteiger partial charge in [-0.15, -0.1) is 4.40 Å². The van der Waals surface area contributed by atoms with Gasteiger partial charge in [-0.25, -0.2) is 0 Å². The molecule has 2 rings (SSSR count). The third kappa shape index (κ3) is 3.80. The number of anilines is 1. The van der Waals surface area contributed by atoms with Gasteiger partial charge in [0.1, 0.15) is 4.90 Å². The van der Waals surface area contributed by atoms with Crippen molar-refractivity contribution in [3.8, 4) is 0 Å². The molecule has 0 spiro atoms. The largest absolute Gasteiger partial charge is 0.319 e. The number of para-hydroxylation sites is 1. The second kappa shape index (κ2) is 6.83. The lowest BCUT2D eigenvalue weighted by atomic mass is 10.2. The standard InChI is InChI=1S/C15H22N2O2S2/c1-4-5-10-17-13-8-6-7-9-14(13)21(18,19)16-15(17)20-11-12(2)3/h6-9,12H,4-5,10-11H2,1-3H3. The van der Waals surface area contributed by atoms with Gasteiger partial charge in [0.25, 0.3) is 10.0 Å². The molecule has 0 atom stereocenters. The molecule has 0 unspecified atom stereocenters. The van der Waals surface area contributed by atoms with E-state index in [-0.39, 0.29) is 0 Å². The van der Waals surface area contributed by atoms with E-state index >= 15 is 0 Å². The number of benzene rings is 1. The van der Waals surface area contributed by atoms with Gasteiger partial charge in [0.2, 0.25) is 0 Å². The second-order valence-electron chi connectivity index (χ2n) is 5.53. The molecule has 0 aliphatic carbocycles. The Kier molecular flexibility index (Phi) is 5.32. The van der Waals surface area contributed by atoms with Crippen molar-refractivity contribution >= 4 is 32.6 Å². The maximum atomic E-state index is 12.3. The Balaban J connectivity index is 2.40. The molecule has 4 nitrogen and oxygen atoms in total. The zero-order chi connectivity index (χ0) is 15.5. The Hall–Kier alpha value is -1.01. The van der Waals surface area contributed by atoms with E-state index in [9.17, 15) is 8.42 Å². The van der Waals surface area contributed by atoms with Gasteiger partial charge in [-0.05, 0) is 24.5 Å². The second-order valence-corrected chi connectivity index (χ2v) is 8.09. The average Bonchev–Trinajstić information content (AvgIpc) is 2.44. The van der Waals surface area contributed by atoms with Crippen molar-refractivity contribution in [1.82, 2.24) is 0 Å². The van der Waals surface area contributed by atoms with E-state index in [0.717, 1.165) is 30.8 Å². The number of unbranched alkanes of at least 4 members (excludes halogenated alkanes) is 1. The molecule has 0 saturated heterocycles. The number of hydrogen-bond acceptors (Lipinski definition) is 4. The van der Waals surface area contributed by atoms with Crippen LogP contribution in [0, 0.1) is 5.92 Å². The lowest BCUT2D eigenvalue weighted by molar-refractivity contribution is 0.596. The Labute approximate surface area is 131 Å². The van der Waals surface area contributed by atoms with Gasteiger partial charge in [0.05, 0.1) is 5.69 Å². The van der Waals surface area contributed by atoms with Crippen LogP contribution in [0.2, 0.25) is 0 Å². The van der Waals surface area contributed by atoms with Crippen LogP contribution >= 0.6 is 11.8 Å². The van der Waals surface area contributed by atoms with Gasteiger partial charge in [0.15, 0.2) is 5.17 Å². The van der Waals surface area contributed by atoms with Gasteiger partial charge < -0.3 is 4.90 Å². The summed E-state index contributed by atoms with van der Waals surface area (Å²) in [6.07, 6.45) is 2.07. The first-order valence-electron chi connectivity index (χ1n) is 7.30. The topological polar surface area (TPSA) is 49.7 Å². The highest BCUT2D eigenvalue weighted by molar-refractivity contribution is 8.14. The Morgan fingerprint density at radius 3 is 2.67 bits per heavy atom. The minimum Gasteiger partial charge on any atom is -0.319 e. The highest BCUT2D eigenvalue weighted by atomic mass is 32.2. The van der Waals surface area contributed by atoms with Crippen molar-refractivity contribution in [1.29, 1.82) is 0 Å². The van der Waals surface area contributed by atoms with Crippen LogP contribution in [0.1, 0.15) is 33.6 Å². The number of rotatable bonds is 5. The van der Waals surface area contributed by atoms with Crippen LogP contribution in [0.3, 0.4) is 0 Å². The molecule has 0 aromatic heterocycles. The number of fused-ring (bicyclic) bond motifs is 1. The number of thioether (sulfide) groups is 1. The summed E-state index contributed by atoms with van der Waals surface area (Å²) in [5.41, 5.74) is 0.757.